The molecule has 16 heavy (non-hydrogen) atoms. The second-order valence-electron chi connectivity index (χ2n) is 3.18. The van der Waals surface area contributed by atoms with Crippen LogP contribution in [-0.2, 0) is 0 Å². The Labute approximate surface area is 103 Å². The maximum absolute atomic E-state index is 2.16. The molecule has 0 saturated heterocycles. The number of hydrogen-bond donors (Lipinski definition) is 0. The van der Waals surface area contributed by atoms with Crippen molar-refractivity contribution in [1.29, 1.82) is 0 Å². The van der Waals surface area contributed by atoms with Gasteiger partial charge in [0.15, 0.2) is 0 Å². The van der Waals surface area contributed by atoms with Crippen LogP contribution in [0.5, 0.6) is 0 Å². The molecule has 2 aromatic rings. The molecule has 0 nitrogen and oxygen atoms in total. The monoisotopic (exact) mass is 230 g/mol. The molecule has 0 heterocycles. The van der Waals surface area contributed by atoms with E-state index < -0.39 is 0 Å². The zero-order valence-corrected chi connectivity index (χ0v) is 10.9. The summed E-state index contributed by atoms with van der Waals surface area (Å²) in [6.45, 7) is 6.14. The molecule has 2 aromatic carbocycles. The zero-order chi connectivity index (χ0) is 11.8. The van der Waals surface area contributed by atoms with Crippen LogP contribution in [0.4, 0.5) is 0 Å². The van der Waals surface area contributed by atoms with Gasteiger partial charge in [-0.05, 0) is 30.7 Å². The molecule has 0 aromatic heterocycles. The molecule has 0 N–H and O–H groups in total. The minimum atomic E-state index is 1.29. The number of benzene rings is 2. The van der Waals surface area contributed by atoms with Crippen molar-refractivity contribution in [2.24, 2.45) is 0 Å². The number of aryl methyl sites for hydroxylation is 1. The predicted octanol–water partition coefficient (Wildman–Crippen LogP) is 5.17. The van der Waals surface area contributed by atoms with Crippen molar-refractivity contribution in [2.45, 2.75) is 30.6 Å². The molecule has 0 radical (unpaired) electrons. The van der Waals surface area contributed by atoms with Gasteiger partial charge in [0.1, 0.15) is 0 Å². The summed E-state index contributed by atoms with van der Waals surface area (Å²) < 4.78 is 0. The first-order chi connectivity index (χ1) is 7.86. The Hall–Kier alpha value is -1.21. The Bertz CT molecular complexity index is 407. The van der Waals surface area contributed by atoms with E-state index in [1.165, 1.54) is 15.4 Å². The third-order valence-corrected chi connectivity index (χ3v) is 3.25. The molecular weight excluding hydrogens is 212 g/mol. The molecule has 0 unspecified atom stereocenters. The highest BCUT2D eigenvalue weighted by Gasteiger charge is 1.98. The fourth-order valence-corrected chi connectivity index (χ4v) is 2.21. The third kappa shape index (κ3) is 3.74. The number of rotatable bonds is 2. The van der Waals surface area contributed by atoms with Gasteiger partial charge in [0.2, 0.25) is 0 Å². The van der Waals surface area contributed by atoms with Crippen LogP contribution in [0.25, 0.3) is 0 Å². The Morgan fingerprint density at radius 2 is 1.31 bits per heavy atom. The van der Waals surface area contributed by atoms with E-state index in [1.54, 1.807) is 0 Å². The van der Waals surface area contributed by atoms with Gasteiger partial charge in [-0.3, -0.25) is 0 Å². The van der Waals surface area contributed by atoms with E-state index >= 15 is 0 Å². The summed E-state index contributed by atoms with van der Waals surface area (Å²) in [5.41, 5.74) is 1.33. The molecule has 0 aliphatic carbocycles. The topological polar surface area (TPSA) is 0 Å². The minimum Gasteiger partial charge on any atom is -0.0898 e. The molecular formula is C15H18S. The molecule has 0 aliphatic rings. The van der Waals surface area contributed by atoms with Gasteiger partial charge in [-0.1, -0.05) is 62.0 Å². The summed E-state index contributed by atoms with van der Waals surface area (Å²) in [6.07, 6.45) is 0. The van der Waals surface area contributed by atoms with Gasteiger partial charge in [0.25, 0.3) is 0 Å². The standard InChI is InChI=1S/C13H12S.C2H6/c1-11-7-5-6-10-13(11)14-12-8-3-2-4-9-12;1-2/h2-10H,1H3;1-2H3. The Morgan fingerprint density at radius 1 is 0.750 bits per heavy atom. The van der Waals surface area contributed by atoms with Gasteiger partial charge >= 0.3 is 0 Å². The van der Waals surface area contributed by atoms with E-state index in [1.807, 2.05) is 31.7 Å². The van der Waals surface area contributed by atoms with Crippen molar-refractivity contribution in [2.75, 3.05) is 0 Å². The molecule has 0 aliphatic heterocycles. The lowest BCUT2D eigenvalue weighted by atomic mass is 10.2. The van der Waals surface area contributed by atoms with Gasteiger partial charge in [0.05, 0.1) is 0 Å². The second kappa shape index (κ2) is 7.13. The summed E-state index contributed by atoms with van der Waals surface area (Å²) in [5.74, 6) is 0. The normalized spacial score (nSPS) is 9.19. The first-order valence-corrected chi connectivity index (χ1v) is 6.46. The van der Waals surface area contributed by atoms with E-state index in [-0.39, 0.29) is 0 Å². The minimum absolute atomic E-state index is 1.29. The smallest absolute Gasteiger partial charge is 0.0151 e. The average molecular weight is 230 g/mol. The van der Waals surface area contributed by atoms with Crippen molar-refractivity contribution >= 4 is 11.8 Å². The quantitative estimate of drug-likeness (QED) is 0.685. The van der Waals surface area contributed by atoms with Gasteiger partial charge in [-0.15, -0.1) is 0 Å². The van der Waals surface area contributed by atoms with E-state index in [4.69, 9.17) is 0 Å². The van der Waals surface area contributed by atoms with Gasteiger partial charge < -0.3 is 0 Å². The molecule has 84 valence electrons. The van der Waals surface area contributed by atoms with Crippen LogP contribution in [-0.4, -0.2) is 0 Å². The molecule has 0 spiro atoms. The van der Waals surface area contributed by atoms with Crippen LogP contribution in [0.15, 0.2) is 64.4 Å². The fraction of sp³-hybridized carbons (Fsp3) is 0.200. The highest BCUT2D eigenvalue weighted by Crippen LogP contribution is 2.29. The predicted molar refractivity (Wildman–Crippen MR) is 73.1 cm³/mol. The lowest BCUT2D eigenvalue weighted by Crippen LogP contribution is -1.77. The first kappa shape index (κ1) is 12.9. The lowest BCUT2D eigenvalue weighted by Gasteiger charge is -2.04. The van der Waals surface area contributed by atoms with Gasteiger partial charge in [-0.2, -0.15) is 0 Å². The van der Waals surface area contributed by atoms with Crippen LogP contribution in [0.2, 0.25) is 0 Å². The van der Waals surface area contributed by atoms with E-state index in [0.29, 0.717) is 0 Å². The number of hydrogen-bond acceptors (Lipinski definition) is 1. The Morgan fingerprint density at radius 3 is 1.94 bits per heavy atom. The highest BCUT2D eigenvalue weighted by atomic mass is 32.2. The van der Waals surface area contributed by atoms with E-state index in [2.05, 4.69) is 55.5 Å². The molecule has 1 heteroatoms. The Balaban J connectivity index is 0.000000606. The molecule has 0 saturated carbocycles. The third-order valence-electron chi connectivity index (χ3n) is 2.06. The molecule has 0 atom stereocenters. The summed E-state index contributed by atoms with van der Waals surface area (Å²) in [6, 6.07) is 18.9. The van der Waals surface area contributed by atoms with Crippen molar-refractivity contribution in [3.8, 4) is 0 Å². The van der Waals surface area contributed by atoms with Crippen molar-refractivity contribution in [3.05, 3.63) is 60.2 Å². The van der Waals surface area contributed by atoms with Gasteiger partial charge in [-0.25, -0.2) is 0 Å². The summed E-state index contributed by atoms with van der Waals surface area (Å²) in [4.78, 5) is 2.63. The largest absolute Gasteiger partial charge is 0.0898 e. The maximum atomic E-state index is 2.16. The van der Waals surface area contributed by atoms with E-state index in [0.717, 1.165) is 0 Å². The SMILES string of the molecule is CC.Cc1ccccc1Sc1ccccc1. The first-order valence-electron chi connectivity index (χ1n) is 5.65. The molecule has 2 rings (SSSR count). The lowest BCUT2D eigenvalue weighted by molar-refractivity contribution is 1.29. The average Bonchev–Trinajstić information content (AvgIpc) is 2.36. The second-order valence-corrected chi connectivity index (χ2v) is 4.30. The van der Waals surface area contributed by atoms with Crippen molar-refractivity contribution < 1.29 is 0 Å². The fourth-order valence-electron chi connectivity index (χ4n) is 1.29. The van der Waals surface area contributed by atoms with Crippen LogP contribution in [0.1, 0.15) is 19.4 Å². The van der Waals surface area contributed by atoms with Crippen LogP contribution in [0.3, 0.4) is 0 Å². The van der Waals surface area contributed by atoms with Crippen molar-refractivity contribution in [1.82, 2.24) is 0 Å². The summed E-state index contributed by atoms with van der Waals surface area (Å²) in [7, 11) is 0. The highest BCUT2D eigenvalue weighted by molar-refractivity contribution is 7.99. The molecule has 0 bridgehead atoms. The zero-order valence-electron chi connectivity index (χ0n) is 10.1. The van der Waals surface area contributed by atoms with Crippen LogP contribution in [0, 0.1) is 6.92 Å². The van der Waals surface area contributed by atoms with Gasteiger partial charge in [0, 0.05) is 9.79 Å². The summed E-state index contributed by atoms with van der Waals surface area (Å²) in [5, 5.41) is 0. The van der Waals surface area contributed by atoms with Crippen LogP contribution < -0.4 is 0 Å². The molecule has 0 fully saturated rings. The summed E-state index contributed by atoms with van der Waals surface area (Å²) >= 11 is 1.81. The molecule has 0 amide bonds. The maximum Gasteiger partial charge on any atom is 0.0151 e. The Kier molecular flexibility index (Phi) is 5.73. The van der Waals surface area contributed by atoms with Crippen LogP contribution >= 0.6 is 11.8 Å². The van der Waals surface area contributed by atoms with Crippen molar-refractivity contribution in [3.63, 3.8) is 0 Å². The van der Waals surface area contributed by atoms with E-state index in [9.17, 15) is 0 Å².